The molecule has 1 heterocycles. The Labute approximate surface area is 123 Å². The lowest BCUT2D eigenvalue weighted by Crippen LogP contribution is -2.48. The zero-order valence-corrected chi connectivity index (χ0v) is 13.2. The van der Waals surface area contributed by atoms with Gasteiger partial charge in [0.2, 0.25) is 0 Å². The lowest BCUT2D eigenvalue weighted by atomic mass is 10.1. The van der Waals surface area contributed by atoms with Crippen LogP contribution >= 0.6 is 28.3 Å². The smallest absolute Gasteiger partial charge is 0.133 e. The van der Waals surface area contributed by atoms with Gasteiger partial charge in [-0.1, -0.05) is 6.07 Å². The number of benzene rings is 1. The Morgan fingerprint density at radius 1 is 1.50 bits per heavy atom. The fraction of sp³-hybridized carbons (Fsp3) is 0.538. The van der Waals surface area contributed by atoms with Gasteiger partial charge in [-0.2, -0.15) is 0 Å². The molecule has 0 bridgehead atoms. The van der Waals surface area contributed by atoms with Gasteiger partial charge >= 0.3 is 0 Å². The van der Waals surface area contributed by atoms with Crippen LogP contribution in [0.5, 0.6) is 5.75 Å². The van der Waals surface area contributed by atoms with Crippen LogP contribution in [0.2, 0.25) is 0 Å². The van der Waals surface area contributed by atoms with Gasteiger partial charge in [-0.25, -0.2) is 0 Å². The van der Waals surface area contributed by atoms with Gasteiger partial charge in [0.15, 0.2) is 0 Å². The topological polar surface area (TPSA) is 24.5 Å². The molecular weight excluding hydrogens is 316 g/mol. The maximum atomic E-state index is 5.24. The molecular formula is C13H20BrClN2O. The van der Waals surface area contributed by atoms with E-state index in [0.29, 0.717) is 6.04 Å². The van der Waals surface area contributed by atoms with Crippen LogP contribution in [0.15, 0.2) is 22.7 Å². The van der Waals surface area contributed by atoms with Crippen molar-refractivity contribution in [2.45, 2.75) is 19.5 Å². The number of rotatable bonds is 3. The maximum absolute atomic E-state index is 5.24. The highest BCUT2D eigenvalue weighted by atomic mass is 79.9. The monoisotopic (exact) mass is 334 g/mol. The predicted octanol–water partition coefficient (Wildman–Crippen LogP) is 2.67. The van der Waals surface area contributed by atoms with E-state index in [1.54, 1.807) is 7.11 Å². The molecule has 0 radical (unpaired) electrons. The van der Waals surface area contributed by atoms with E-state index < -0.39 is 0 Å². The van der Waals surface area contributed by atoms with Crippen molar-refractivity contribution in [3.63, 3.8) is 0 Å². The van der Waals surface area contributed by atoms with Gasteiger partial charge < -0.3 is 10.1 Å². The summed E-state index contributed by atoms with van der Waals surface area (Å²) in [5.74, 6) is 0.891. The number of nitrogens with zero attached hydrogens (tertiary/aromatic N) is 1. The van der Waals surface area contributed by atoms with E-state index in [-0.39, 0.29) is 12.4 Å². The fourth-order valence-corrected chi connectivity index (χ4v) is 2.81. The van der Waals surface area contributed by atoms with Gasteiger partial charge in [-0.15, -0.1) is 12.4 Å². The number of ether oxygens (including phenoxy) is 1. The van der Waals surface area contributed by atoms with Gasteiger partial charge in [-0.3, -0.25) is 4.90 Å². The number of nitrogens with one attached hydrogen (secondary N) is 1. The van der Waals surface area contributed by atoms with Crippen molar-refractivity contribution in [2.75, 3.05) is 26.7 Å². The molecule has 102 valence electrons. The lowest BCUT2D eigenvalue weighted by molar-refractivity contribution is 0.199. The summed E-state index contributed by atoms with van der Waals surface area (Å²) >= 11 is 3.53. The van der Waals surface area contributed by atoms with Crippen LogP contribution in [0.3, 0.4) is 0 Å². The second-order valence-electron chi connectivity index (χ2n) is 4.56. The Kier molecular flexibility index (Phi) is 6.43. The molecule has 1 aliphatic heterocycles. The number of piperazine rings is 1. The Bertz CT molecular complexity index is 389. The molecule has 5 heteroatoms. The molecule has 3 nitrogen and oxygen atoms in total. The van der Waals surface area contributed by atoms with E-state index in [4.69, 9.17) is 4.74 Å². The molecule has 2 rings (SSSR count). The number of hydrogen-bond donors (Lipinski definition) is 1. The van der Waals surface area contributed by atoms with Crippen molar-refractivity contribution in [3.8, 4) is 5.75 Å². The minimum Gasteiger partial charge on any atom is -0.496 e. The first-order valence-electron chi connectivity index (χ1n) is 5.97. The average Bonchev–Trinajstić information content (AvgIpc) is 2.29. The number of methoxy groups -OCH3 is 1. The third-order valence-corrected chi connectivity index (χ3v) is 3.69. The number of hydrogen-bond acceptors (Lipinski definition) is 3. The van der Waals surface area contributed by atoms with Crippen LogP contribution in [0.4, 0.5) is 0 Å². The summed E-state index contributed by atoms with van der Waals surface area (Å²) in [4.78, 5) is 2.48. The SMILES string of the molecule is COc1ccc(CN2CCNC(C)C2)cc1Br.Cl. The van der Waals surface area contributed by atoms with Gasteiger partial charge in [-0.05, 0) is 40.5 Å². The van der Waals surface area contributed by atoms with Gasteiger partial charge in [0.05, 0.1) is 11.6 Å². The van der Waals surface area contributed by atoms with E-state index in [1.807, 2.05) is 6.07 Å². The molecule has 0 spiro atoms. The molecule has 1 unspecified atom stereocenters. The minimum absolute atomic E-state index is 0. The van der Waals surface area contributed by atoms with Crippen LogP contribution in [0, 0.1) is 0 Å². The van der Waals surface area contributed by atoms with E-state index >= 15 is 0 Å². The zero-order chi connectivity index (χ0) is 12.3. The Hall–Kier alpha value is -0.290. The maximum Gasteiger partial charge on any atom is 0.133 e. The molecule has 1 saturated heterocycles. The van der Waals surface area contributed by atoms with Crippen LogP contribution in [-0.2, 0) is 6.54 Å². The van der Waals surface area contributed by atoms with Crippen molar-refractivity contribution in [3.05, 3.63) is 28.2 Å². The molecule has 1 N–H and O–H groups in total. The molecule has 1 aromatic carbocycles. The van der Waals surface area contributed by atoms with Crippen molar-refractivity contribution in [1.29, 1.82) is 0 Å². The Balaban J connectivity index is 0.00000162. The first-order valence-corrected chi connectivity index (χ1v) is 6.76. The second kappa shape index (κ2) is 7.34. The third kappa shape index (κ3) is 4.12. The average molecular weight is 336 g/mol. The van der Waals surface area contributed by atoms with Crippen molar-refractivity contribution < 1.29 is 4.74 Å². The molecule has 0 saturated carbocycles. The molecule has 1 aliphatic rings. The fourth-order valence-electron chi connectivity index (χ4n) is 2.22. The summed E-state index contributed by atoms with van der Waals surface area (Å²) in [6.07, 6.45) is 0. The lowest BCUT2D eigenvalue weighted by Gasteiger charge is -2.31. The standard InChI is InChI=1S/C13H19BrN2O.ClH/c1-10-8-16(6-5-15-10)9-11-3-4-13(17-2)12(14)7-11;/h3-4,7,10,15H,5-6,8-9H2,1-2H3;1H. The molecule has 18 heavy (non-hydrogen) atoms. The first kappa shape index (κ1) is 15.8. The number of halogens is 2. The first-order chi connectivity index (χ1) is 8.19. The van der Waals surface area contributed by atoms with E-state index in [9.17, 15) is 0 Å². The third-order valence-electron chi connectivity index (χ3n) is 3.08. The highest BCUT2D eigenvalue weighted by molar-refractivity contribution is 9.10. The summed E-state index contributed by atoms with van der Waals surface area (Å²) in [7, 11) is 1.69. The van der Waals surface area contributed by atoms with E-state index in [0.717, 1.165) is 36.4 Å². The predicted molar refractivity (Wildman–Crippen MR) is 80.7 cm³/mol. The summed E-state index contributed by atoms with van der Waals surface area (Å²) < 4.78 is 6.26. The van der Waals surface area contributed by atoms with Crippen molar-refractivity contribution in [1.82, 2.24) is 10.2 Å². The molecule has 1 aromatic rings. The second-order valence-corrected chi connectivity index (χ2v) is 5.41. The normalized spacial score (nSPS) is 20.3. The quantitative estimate of drug-likeness (QED) is 0.919. The highest BCUT2D eigenvalue weighted by Gasteiger charge is 2.15. The van der Waals surface area contributed by atoms with Crippen LogP contribution in [0.25, 0.3) is 0 Å². The van der Waals surface area contributed by atoms with Gasteiger partial charge in [0.25, 0.3) is 0 Å². The van der Waals surface area contributed by atoms with Crippen molar-refractivity contribution in [2.24, 2.45) is 0 Å². The highest BCUT2D eigenvalue weighted by Crippen LogP contribution is 2.26. The molecule has 0 aromatic heterocycles. The summed E-state index contributed by atoms with van der Waals surface area (Å²) in [6.45, 7) is 6.56. The molecule has 0 amide bonds. The minimum atomic E-state index is 0. The molecule has 0 aliphatic carbocycles. The van der Waals surface area contributed by atoms with Crippen molar-refractivity contribution >= 4 is 28.3 Å². The largest absolute Gasteiger partial charge is 0.496 e. The zero-order valence-electron chi connectivity index (χ0n) is 10.8. The van der Waals surface area contributed by atoms with Crippen LogP contribution in [-0.4, -0.2) is 37.7 Å². The van der Waals surface area contributed by atoms with E-state index in [2.05, 4.69) is 45.2 Å². The Morgan fingerprint density at radius 2 is 2.28 bits per heavy atom. The van der Waals surface area contributed by atoms with Crippen LogP contribution < -0.4 is 10.1 Å². The molecule has 1 atom stereocenters. The van der Waals surface area contributed by atoms with Gasteiger partial charge in [0.1, 0.15) is 5.75 Å². The summed E-state index contributed by atoms with van der Waals surface area (Å²) in [5, 5.41) is 3.46. The van der Waals surface area contributed by atoms with E-state index in [1.165, 1.54) is 5.56 Å². The van der Waals surface area contributed by atoms with Crippen LogP contribution in [0.1, 0.15) is 12.5 Å². The molecule has 1 fully saturated rings. The summed E-state index contributed by atoms with van der Waals surface area (Å²) in [5.41, 5.74) is 1.33. The Morgan fingerprint density at radius 3 is 2.89 bits per heavy atom. The summed E-state index contributed by atoms with van der Waals surface area (Å²) in [6, 6.07) is 6.89. The van der Waals surface area contributed by atoms with Gasteiger partial charge in [0, 0.05) is 32.2 Å².